The van der Waals surface area contributed by atoms with E-state index in [0.29, 0.717) is 12.0 Å². The maximum absolute atomic E-state index is 11.4. The van der Waals surface area contributed by atoms with E-state index in [2.05, 4.69) is 15.3 Å². The molecule has 2 fully saturated rings. The fourth-order valence-electron chi connectivity index (χ4n) is 3.93. The van der Waals surface area contributed by atoms with Crippen molar-refractivity contribution in [2.75, 3.05) is 5.32 Å². The van der Waals surface area contributed by atoms with Gasteiger partial charge in [-0.3, -0.25) is 0 Å². The van der Waals surface area contributed by atoms with Gasteiger partial charge in [0.2, 0.25) is 0 Å². The van der Waals surface area contributed by atoms with E-state index in [0.717, 1.165) is 29.1 Å². The molecule has 5 nitrogen and oxygen atoms in total. The van der Waals surface area contributed by atoms with Gasteiger partial charge in [-0.25, -0.2) is 9.78 Å². The van der Waals surface area contributed by atoms with Crippen LogP contribution in [0.5, 0.6) is 0 Å². The summed E-state index contributed by atoms with van der Waals surface area (Å²) in [5.74, 6) is 0.601. The van der Waals surface area contributed by atoms with E-state index in [9.17, 15) is 9.90 Å². The molecule has 3 N–H and O–H groups in total. The van der Waals surface area contributed by atoms with Crippen molar-refractivity contribution in [3.63, 3.8) is 0 Å². The third-order valence-electron chi connectivity index (χ3n) is 4.88. The first-order chi connectivity index (χ1) is 9.72. The van der Waals surface area contributed by atoms with Crippen molar-refractivity contribution >= 4 is 22.7 Å². The Hall–Kier alpha value is -2.04. The fraction of sp³-hybridized carbons (Fsp3) is 0.467. The van der Waals surface area contributed by atoms with E-state index in [1.165, 1.54) is 25.5 Å². The van der Waals surface area contributed by atoms with Crippen molar-refractivity contribution in [3.05, 3.63) is 24.0 Å². The number of aromatic carboxylic acids is 1. The van der Waals surface area contributed by atoms with Crippen LogP contribution >= 0.6 is 0 Å². The number of hydrogen-bond donors (Lipinski definition) is 3. The molecule has 0 aliphatic heterocycles. The summed E-state index contributed by atoms with van der Waals surface area (Å²) in [5, 5.41) is 13.8. The molecule has 0 aromatic carbocycles. The Labute approximate surface area is 116 Å². The SMILES string of the molecule is O=C(O)c1cnc2[nH]ccc2c1NC1C[C@@H]2CC[C@H]1C2. The summed E-state index contributed by atoms with van der Waals surface area (Å²) in [4.78, 5) is 18.6. The quantitative estimate of drug-likeness (QED) is 0.802. The normalized spacial score (nSPS) is 28.1. The maximum Gasteiger partial charge on any atom is 0.339 e. The number of carbonyl (C=O) groups is 1. The van der Waals surface area contributed by atoms with Crippen LogP contribution in [0.2, 0.25) is 0 Å². The highest BCUT2D eigenvalue weighted by atomic mass is 16.4. The van der Waals surface area contributed by atoms with Crippen molar-refractivity contribution < 1.29 is 9.90 Å². The van der Waals surface area contributed by atoms with Crippen molar-refractivity contribution in [2.45, 2.75) is 31.7 Å². The smallest absolute Gasteiger partial charge is 0.339 e. The molecule has 2 saturated carbocycles. The van der Waals surface area contributed by atoms with E-state index in [1.54, 1.807) is 6.20 Å². The highest BCUT2D eigenvalue weighted by Gasteiger charge is 2.40. The zero-order valence-electron chi connectivity index (χ0n) is 11.1. The fourth-order valence-corrected chi connectivity index (χ4v) is 3.93. The second-order valence-corrected chi connectivity index (χ2v) is 6.02. The third kappa shape index (κ3) is 1.69. The van der Waals surface area contributed by atoms with Crippen LogP contribution < -0.4 is 5.32 Å². The second kappa shape index (κ2) is 4.23. The van der Waals surface area contributed by atoms with Gasteiger partial charge in [0, 0.05) is 23.8 Å². The minimum absolute atomic E-state index is 0.264. The van der Waals surface area contributed by atoms with E-state index in [-0.39, 0.29) is 5.56 Å². The van der Waals surface area contributed by atoms with Crippen LogP contribution in [0.25, 0.3) is 11.0 Å². The molecule has 2 aliphatic carbocycles. The molecule has 20 heavy (non-hydrogen) atoms. The van der Waals surface area contributed by atoms with Crippen LogP contribution in [-0.2, 0) is 0 Å². The van der Waals surface area contributed by atoms with Gasteiger partial charge >= 0.3 is 5.97 Å². The van der Waals surface area contributed by atoms with Gasteiger partial charge in [-0.05, 0) is 37.2 Å². The lowest BCUT2D eigenvalue weighted by atomic mass is 9.94. The van der Waals surface area contributed by atoms with Crippen LogP contribution in [0.3, 0.4) is 0 Å². The van der Waals surface area contributed by atoms with Gasteiger partial charge in [0.25, 0.3) is 0 Å². The number of hydrogen-bond acceptors (Lipinski definition) is 3. The molecule has 104 valence electrons. The van der Waals surface area contributed by atoms with E-state index >= 15 is 0 Å². The van der Waals surface area contributed by atoms with Gasteiger partial charge in [0.05, 0.1) is 5.69 Å². The predicted octanol–water partition coefficient (Wildman–Crippen LogP) is 2.86. The number of aromatic nitrogens is 2. The standard InChI is InChI=1S/C15H17N3O2/c19-15(20)11-7-17-14-10(3-4-16-14)13(11)18-12-6-8-1-2-9(12)5-8/h3-4,7-9,12H,1-2,5-6H2,(H,19,20)(H2,16,17,18)/t8-,9+,12?/m1/s1. The molecule has 4 rings (SSSR count). The number of anilines is 1. The minimum atomic E-state index is -0.925. The van der Waals surface area contributed by atoms with Crippen LogP contribution in [-0.4, -0.2) is 27.1 Å². The summed E-state index contributed by atoms with van der Waals surface area (Å²) >= 11 is 0. The Bertz CT molecular complexity index is 679. The zero-order valence-corrected chi connectivity index (χ0v) is 11.1. The van der Waals surface area contributed by atoms with Crippen LogP contribution in [0.4, 0.5) is 5.69 Å². The van der Waals surface area contributed by atoms with Crippen molar-refractivity contribution in [3.8, 4) is 0 Å². The number of carboxylic acids is 1. The van der Waals surface area contributed by atoms with Crippen molar-refractivity contribution in [1.82, 2.24) is 9.97 Å². The van der Waals surface area contributed by atoms with Gasteiger partial charge in [-0.1, -0.05) is 6.42 Å². The Morgan fingerprint density at radius 1 is 1.40 bits per heavy atom. The van der Waals surface area contributed by atoms with Gasteiger partial charge in [-0.15, -0.1) is 0 Å². The summed E-state index contributed by atoms with van der Waals surface area (Å²) in [6, 6.07) is 2.30. The topological polar surface area (TPSA) is 78.0 Å². The van der Waals surface area contributed by atoms with Crippen molar-refractivity contribution in [1.29, 1.82) is 0 Å². The lowest BCUT2D eigenvalue weighted by molar-refractivity contribution is 0.0697. The monoisotopic (exact) mass is 271 g/mol. The first kappa shape index (κ1) is 11.8. The zero-order chi connectivity index (χ0) is 13.7. The molecule has 2 aliphatic rings. The molecule has 2 aromatic rings. The van der Waals surface area contributed by atoms with Gasteiger partial charge < -0.3 is 15.4 Å². The number of pyridine rings is 1. The predicted molar refractivity (Wildman–Crippen MR) is 75.9 cm³/mol. The van der Waals surface area contributed by atoms with Gasteiger partial charge in [0.1, 0.15) is 11.2 Å². The Morgan fingerprint density at radius 3 is 3.00 bits per heavy atom. The summed E-state index contributed by atoms with van der Waals surface area (Å²) in [7, 11) is 0. The molecule has 0 radical (unpaired) electrons. The number of fused-ring (bicyclic) bond motifs is 3. The van der Waals surface area contributed by atoms with Crippen LogP contribution in [0, 0.1) is 11.8 Å². The van der Waals surface area contributed by atoms with Gasteiger partial charge in [-0.2, -0.15) is 0 Å². The molecule has 2 bridgehead atoms. The Balaban J connectivity index is 1.75. The summed E-state index contributed by atoms with van der Waals surface area (Å²) < 4.78 is 0. The highest BCUT2D eigenvalue weighted by Crippen LogP contribution is 2.46. The lowest BCUT2D eigenvalue weighted by Crippen LogP contribution is -2.27. The van der Waals surface area contributed by atoms with E-state index < -0.39 is 5.97 Å². The maximum atomic E-state index is 11.4. The lowest BCUT2D eigenvalue weighted by Gasteiger charge is -2.25. The number of aromatic amines is 1. The molecule has 1 unspecified atom stereocenters. The molecular weight excluding hydrogens is 254 g/mol. The minimum Gasteiger partial charge on any atom is -0.478 e. The summed E-state index contributed by atoms with van der Waals surface area (Å²) in [6.07, 6.45) is 8.31. The average molecular weight is 271 g/mol. The first-order valence-corrected chi connectivity index (χ1v) is 7.18. The number of rotatable bonds is 3. The molecule has 2 aromatic heterocycles. The molecular formula is C15H17N3O2. The summed E-state index contributed by atoms with van der Waals surface area (Å²) in [6.45, 7) is 0. The summed E-state index contributed by atoms with van der Waals surface area (Å²) in [5.41, 5.74) is 1.72. The largest absolute Gasteiger partial charge is 0.478 e. The number of nitrogens with zero attached hydrogens (tertiary/aromatic N) is 1. The van der Waals surface area contributed by atoms with E-state index in [1.807, 2.05) is 6.07 Å². The van der Waals surface area contributed by atoms with Gasteiger partial charge in [0.15, 0.2) is 0 Å². The Kier molecular flexibility index (Phi) is 2.49. The van der Waals surface area contributed by atoms with Crippen molar-refractivity contribution in [2.24, 2.45) is 11.8 Å². The molecule has 0 saturated heterocycles. The first-order valence-electron chi connectivity index (χ1n) is 7.18. The van der Waals surface area contributed by atoms with Crippen LogP contribution in [0.1, 0.15) is 36.0 Å². The van der Waals surface area contributed by atoms with Crippen LogP contribution in [0.15, 0.2) is 18.5 Å². The molecule has 5 heteroatoms. The van der Waals surface area contributed by atoms with E-state index in [4.69, 9.17) is 0 Å². The number of carboxylic acid groups (broad SMARTS) is 1. The highest BCUT2D eigenvalue weighted by molar-refractivity contribution is 6.03. The molecule has 0 spiro atoms. The molecule has 3 atom stereocenters. The second-order valence-electron chi connectivity index (χ2n) is 6.02. The average Bonchev–Trinajstić information content (AvgIpc) is 3.14. The number of nitrogens with one attached hydrogen (secondary N) is 2. The molecule has 0 amide bonds. The Morgan fingerprint density at radius 2 is 2.30 bits per heavy atom. The molecule has 2 heterocycles. The number of H-pyrrole nitrogens is 1. The third-order valence-corrected chi connectivity index (χ3v) is 4.88.